The molecular formula is C9H5F7O. The van der Waals surface area contributed by atoms with Crippen LogP contribution in [0.4, 0.5) is 30.7 Å². The Morgan fingerprint density at radius 3 is 1.94 bits per heavy atom. The molecule has 0 fully saturated rings. The monoisotopic (exact) mass is 262 g/mol. The van der Waals surface area contributed by atoms with Crippen LogP contribution in [0.1, 0.15) is 11.1 Å². The highest BCUT2D eigenvalue weighted by Crippen LogP contribution is 2.40. The van der Waals surface area contributed by atoms with Crippen LogP contribution >= 0.6 is 0 Å². The lowest BCUT2D eigenvalue weighted by Gasteiger charge is -2.16. The molecule has 1 aromatic carbocycles. The maximum Gasteiger partial charge on any atom is 0.573 e. The molecule has 0 spiro atoms. The van der Waals surface area contributed by atoms with Gasteiger partial charge in [-0.1, -0.05) is 6.07 Å². The average Bonchev–Trinajstić information content (AvgIpc) is 2.06. The van der Waals surface area contributed by atoms with Crippen molar-refractivity contribution in [3.8, 4) is 5.75 Å². The minimum atomic E-state index is -5.32. The molecule has 17 heavy (non-hydrogen) atoms. The van der Waals surface area contributed by atoms with Gasteiger partial charge in [-0.15, -0.1) is 13.2 Å². The smallest absolute Gasteiger partial charge is 0.405 e. The Kier molecular flexibility index (Phi) is 3.26. The van der Waals surface area contributed by atoms with Crippen molar-refractivity contribution in [2.24, 2.45) is 0 Å². The van der Waals surface area contributed by atoms with E-state index in [1.165, 1.54) is 0 Å². The van der Waals surface area contributed by atoms with E-state index in [1.807, 2.05) is 0 Å². The molecule has 0 N–H and O–H groups in total. The molecular weight excluding hydrogens is 257 g/mol. The highest BCUT2D eigenvalue weighted by molar-refractivity contribution is 5.40. The third kappa shape index (κ3) is 3.24. The van der Waals surface area contributed by atoms with Gasteiger partial charge in [0.1, 0.15) is 17.1 Å². The zero-order valence-electron chi connectivity index (χ0n) is 8.21. The average molecular weight is 262 g/mol. The van der Waals surface area contributed by atoms with E-state index in [9.17, 15) is 30.7 Å². The van der Waals surface area contributed by atoms with Crippen LogP contribution in [0.15, 0.2) is 12.1 Å². The Hall–Kier alpha value is -1.47. The van der Waals surface area contributed by atoms with Gasteiger partial charge in [0, 0.05) is 0 Å². The first kappa shape index (κ1) is 13.6. The lowest BCUT2D eigenvalue weighted by atomic mass is 10.1. The van der Waals surface area contributed by atoms with Gasteiger partial charge in [0.15, 0.2) is 0 Å². The number of ether oxygens (including phenoxy) is 1. The van der Waals surface area contributed by atoms with E-state index in [4.69, 9.17) is 0 Å². The van der Waals surface area contributed by atoms with Gasteiger partial charge in [-0.2, -0.15) is 13.2 Å². The van der Waals surface area contributed by atoms with Crippen LogP contribution < -0.4 is 4.74 Å². The van der Waals surface area contributed by atoms with E-state index in [0.29, 0.717) is 6.07 Å². The molecule has 0 bridgehead atoms. The fraction of sp³-hybridized carbons (Fsp3) is 0.333. The molecule has 0 aliphatic carbocycles. The number of halogens is 7. The van der Waals surface area contributed by atoms with E-state index in [-0.39, 0.29) is 0 Å². The van der Waals surface area contributed by atoms with Crippen molar-refractivity contribution < 1.29 is 35.5 Å². The Bertz CT molecular complexity index is 419. The standard InChI is InChI=1S/C9H5F7O/c1-4-2-3-5(17-9(14,15)16)6(7(4)10)8(11,12)13/h2-3H,1H3. The molecule has 0 saturated carbocycles. The van der Waals surface area contributed by atoms with Crippen LogP contribution in [0, 0.1) is 12.7 Å². The van der Waals surface area contributed by atoms with E-state index >= 15 is 0 Å². The molecule has 0 aromatic heterocycles. The summed E-state index contributed by atoms with van der Waals surface area (Å²) in [6.07, 6.45) is -10.6. The zero-order chi connectivity index (χ0) is 13.4. The van der Waals surface area contributed by atoms with Gasteiger partial charge >= 0.3 is 12.5 Å². The Balaban J connectivity index is 3.36. The number of benzene rings is 1. The molecule has 0 aliphatic rings. The summed E-state index contributed by atoms with van der Waals surface area (Å²) in [5.41, 5.74) is -2.48. The SMILES string of the molecule is Cc1ccc(OC(F)(F)F)c(C(F)(F)F)c1F. The predicted octanol–water partition coefficient (Wildman–Crippen LogP) is 4.05. The summed E-state index contributed by atoms with van der Waals surface area (Å²) in [6, 6.07) is 1.19. The van der Waals surface area contributed by atoms with Gasteiger partial charge in [0.25, 0.3) is 0 Å². The van der Waals surface area contributed by atoms with E-state index in [0.717, 1.165) is 13.0 Å². The van der Waals surface area contributed by atoms with Gasteiger partial charge in [-0.3, -0.25) is 0 Å². The van der Waals surface area contributed by atoms with Crippen LogP contribution in [0.5, 0.6) is 5.75 Å². The molecule has 0 atom stereocenters. The summed E-state index contributed by atoms with van der Waals surface area (Å²) in [5, 5.41) is 0. The first-order chi connectivity index (χ1) is 7.52. The number of alkyl halides is 6. The van der Waals surface area contributed by atoms with Crippen LogP contribution in [0.25, 0.3) is 0 Å². The third-order valence-electron chi connectivity index (χ3n) is 1.81. The maximum absolute atomic E-state index is 13.2. The Morgan fingerprint density at radius 1 is 1.00 bits per heavy atom. The van der Waals surface area contributed by atoms with Gasteiger partial charge < -0.3 is 4.74 Å². The first-order valence-corrected chi connectivity index (χ1v) is 4.14. The van der Waals surface area contributed by atoms with Crippen molar-refractivity contribution in [3.63, 3.8) is 0 Å². The van der Waals surface area contributed by atoms with Crippen LogP contribution in [-0.2, 0) is 6.18 Å². The summed E-state index contributed by atoms with van der Waals surface area (Å²) in [4.78, 5) is 0. The molecule has 0 heterocycles. The summed E-state index contributed by atoms with van der Waals surface area (Å²) >= 11 is 0. The predicted molar refractivity (Wildman–Crippen MR) is 42.8 cm³/mol. The molecule has 8 heteroatoms. The van der Waals surface area contributed by atoms with Crippen LogP contribution in [0.2, 0.25) is 0 Å². The molecule has 1 aromatic rings. The molecule has 1 rings (SSSR count). The molecule has 1 nitrogen and oxygen atoms in total. The van der Waals surface area contributed by atoms with Crippen molar-refractivity contribution in [3.05, 3.63) is 29.1 Å². The quantitative estimate of drug-likeness (QED) is 0.694. The normalized spacial score (nSPS) is 12.7. The van der Waals surface area contributed by atoms with Crippen molar-refractivity contribution in [1.29, 1.82) is 0 Å². The van der Waals surface area contributed by atoms with E-state index in [1.54, 1.807) is 0 Å². The highest BCUT2D eigenvalue weighted by atomic mass is 19.4. The van der Waals surface area contributed by atoms with Crippen LogP contribution in [-0.4, -0.2) is 6.36 Å². The summed E-state index contributed by atoms with van der Waals surface area (Å²) in [6.45, 7) is 1.00. The second kappa shape index (κ2) is 4.08. The van der Waals surface area contributed by atoms with Crippen molar-refractivity contribution in [2.45, 2.75) is 19.5 Å². The van der Waals surface area contributed by atoms with Crippen molar-refractivity contribution in [2.75, 3.05) is 0 Å². The lowest BCUT2D eigenvalue weighted by Crippen LogP contribution is -2.21. The Labute approximate surface area is 90.8 Å². The fourth-order valence-electron chi connectivity index (χ4n) is 1.14. The molecule has 0 unspecified atom stereocenters. The van der Waals surface area contributed by atoms with E-state index < -0.39 is 35.2 Å². The van der Waals surface area contributed by atoms with Crippen LogP contribution in [0.3, 0.4) is 0 Å². The number of rotatable bonds is 1. The van der Waals surface area contributed by atoms with Gasteiger partial charge in [-0.05, 0) is 18.6 Å². The van der Waals surface area contributed by atoms with Gasteiger partial charge in [-0.25, -0.2) is 4.39 Å². The Morgan fingerprint density at radius 2 is 1.53 bits per heavy atom. The molecule has 0 radical (unpaired) electrons. The minimum Gasteiger partial charge on any atom is -0.405 e. The minimum absolute atomic E-state index is 0.424. The largest absolute Gasteiger partial charge is 0.573 e. The molecule has 96 valence electrons. The highest BCUT2D eigenvalue weighted by Gasteiger charge is 2.42. The summed E-state index contributed by atoms with van der Waals surface area (Å²) in [5.74, 6) is -3.38. The van der Waals surface area contributed by atoms with E-state index in [2.05, 4.69) is 4.74 Å². The molecule has 0 aliphatic heterocycles. The number of hydrogen-bond acceptors (Lipinski definition) is 1. The topological polar surface area (TPSA) is 9.23 Å². The number of aryl methyl sites for hydroxylation is 1. The lowest BCUT2D eigenvalue weighted by molar-refractivity contribution is -0.276. The summed E-state index contributed by atoms with van der Waals surface area (Å²) < 4.78 is 88.9. The molecule has 0 saturated heterocycles. The molecule has 0 amide bonds. The second-order valence-electron chi connectivity index (χ2n) is 3.12. The number of hydrogen-bond donors (Lipinski definition) is 0. The zero-order valence-corrected chi connectivity index (χ0v) is 8.21. The van der Waals surface area contributed by atoms with Gasteiger partial charge in [0.05, 0.1) is 0 Å². The van der Waals surface area contributed by atoms with Crippen molar-refractivity contribution >= 4 is 0 Å². The maximum atomic E-state index is 13.2. The fourth-order valence-corrected chi connectivity index (χ4v) is 1.14. The van der Waals surface area contributed by atoms with Crippen molar-refractivity contribution in [1.82, 2.24) is 0 Å². The second-order valence-corrected chi connectivity index (χ2v) is 3.12. The van der Waals surface area contributed by atoms with Gasteiger partial charge in [0.2, 0.25) is 0 Å². The third-order valence-corrected chi connectivity index (χ3v) is 1.81. The first-order valence-electron chi connectivity index (χ1n) is 4.14. The summed E-state index contributed by atoms with van der Waals surface area (Å²) in [7, 11) is 0.